The van der Waals surface area contributed by atoms with Crippen LogP contribution in [0.2, 0.25) is 0 Å². The molecule has 1 aromatic rings. The van der Waals surface area contributed by atoms with Gasteiger partial charge in [-0.3, -0.25) is 4.90 Å². The molecule has 0 saturated carbocycles. The van der Waals surface area contributed by atoms with E-state index in [0.29, 0.717) is 6.61 Å². The molecule has 5 heteroatoms. The number of morpholine rings is 1. The van der Waals surface area contributed by atoms with Crippen molar-refractivity contribution >= 4 is 0 Å². The van der Waals surface area contributed by atoms with Crippen LogP contribution < -0.4 is 15.2 Å². The first-order valence-electron chi connectivity index (χ1n) is 7.57. The van der Waals surface area contributed by atoms with Crippen LogP contribution in [0, 0.1) is 0 Å². The molecule has 0 aromatic heterocycles. The highest BCUT2D eigenvalue weighted by molar-refractivity contribution is 5.43. The Morgan fingerprint density at radius 2 is 2.05 bits per heavy atom. The van der Waals surface area contributed by atoms with Gasteiger partial charge >= 0.3 is 0 Å². The topological polar surface area (TPSA) is 57.0 Å². The summed E-state index contributed by atoms with van der Waals surface area (Å²) in [7, 11) is 1.65. The van der Waals surface area contributed by atoms with Crippen LogP contribution >= 0.6 is 0 Å². The van der Waals surface area contributed by atoms with Gasteiger partial charge in [0, 0.05) is 25.7 Å². The fourth-order valence-corrected chi connectivity index (χ4v) is 2.38. The van der Waals surface area contributed by atoms with Gasteiger partial charge in [-0.1, -0.05) is 6.07 Å². The van der Waals surface area contributed by atoms with E-state index in [2.05, 4.69) is 4.90 Å². The SMILES string of the molecule is COc1cc(C(C)N)ccc1OCCCN1CCOCC1. The highest BCUT2D eigenvalue weighted by Crippen LogP contribution is 2.29. The van der Waals surface area contributed by atoms with Crippen LogP contribution in [0.4, 0.5) is 0 Å². The largest absolute Gasteiger partial charge is 0.493 e. The molecule has 21 heavy (non-hydrogen) atoms. The van der Waals surface area contributed by atoms with Crippen molar-refractivity contribution in [2.45, 2.75) is 19.4 Å². The van der Waals surface area contributed by atoms with Gasteiger partial charge in [0.05, 0.1) is 26.9 Å². The average Bonchev–Trinajstić information content (AvgIpc) is 2.52. The fraction of sp³-hybridized carbons (Fsp3) is 0.625. The molecule has 0 radical (unpaired) electrons. The molecule has 1 saturated heterocycles. The lowest BCUT2D eigenvalue weighted by Gasteiger charge is -2.26. The van der Waals surface area contributed by atoms with Crippen LogP contribution in [0.3, 0.4) is 0 Å². The van der Waals surface area contributed by atoms with E-state index in [1.54, 1.807) is 7.11 Å². The maximum Gasteiger partial charge on any atom is 0.161 e. The molecule has 0 amide bonds. The summed E-state index contributed by atoms with van der Waals surface area (Å²) >= 11 is 0. The van der Waals surface area contributed by atoms with Gasteiger partial charge in [0.25, 0.3) is 0 Å². The first-order valence-corrected chi connectivity index (χ1v) is 7.57. The molecule has 118 valence electrons. The summed E-state index contributed by atoms with van der Waals surface area (Å²) in [5.41, 5.74) is 6.93. The molecule has 1 atom stereocenters. The number of benzene rings is 1. The van der Waals surface area contributed by atoms with Gasteiger partial charge in [-0.25, -0.2) is 0 Å². The number of hydrogen-bond acceptors (Lipinski definition) is 5. The summed E-state index contributed by atoms with van der Waals surface area (Å²) in [6.07, 6.45) is 0.998. The Morgan fingerprint density at radius 1 is 1.29 bits per heavy atom. The normalized spacial score (nSPS) is 17.5. The minimum absolute atomic E-state index is 0.00531. The third-order valence-electron chi connectivity index (χ3n) is 3.69. The molecule has 1 heterocycles. The Labute approximate surface area is 127 Å². The standard InChI is InChI=1S/C16H26N2O3/c1-13(17)14-4-5-15(16(12-14)19-2)21-9-3-6-18-7-10-20-11-8-18/h4-5,12-13H,3,6-11,17H2,1-2H3. The molecule has 1 aliphatic rings. The van der Waals surface area contributed by atoms with E-state index < -0.39 is 0 Å². The molecule has 5 nitrogen and oxygen atoms in total. The average molecular weight is 294 g/mol. The lowest BCUT2D eigenvalue weighted by molar-refractivity contribution is 0.0357. The Morgan fingerprint density at radius 3 is 2.71 bits per heavy atom. The van der Waals surface area contributed by atoms with E-state index in [9.17, 15) is 0 Å². The summed E-state index contributed by atoms with van der Waals surface area (Å²) in [5, 5.41) is 0. The second-order valence-corrected chi connectivity index (χ2v) is 5.36. The first kappa shape index (κ1) is 16.1. The van der Waals surface area contributed by atoms with Gasteiger partial charge in [0.1, 0.15) is 0 Å². The Hall–Kier alpha value is -1.30. The number of nitrogens with zero attached hydrogens (tertiary/aromatic N) is 1. The number of hydrogen-bond donors (Lipinski definition) is 1. The summed E-state index contributed by atoms with van der Waals surface area (Å²) in [4.78, 5) is 2.41. The van der Waals surface area contributed by atoms with E-state index in [1.807, 2.05) is 25.1 Å². The van der Waals surface area contributed by atoms with Gasteiger partial charge in [0.15, 0.2) is 11.5 Å². The summed E-state index contributed by atoms with van der Waals surface area (Å²) < 4.78 is 16.5. The molecule has 0 spiro atoms. The monoisotopic (exact) mass is 294 g/mol. The third-order valence-corrected chi connectivity index (χ3v) is 3.69. The maximum atomic E-state index is 5.88. The number of nitrogens with two attached hydrogens (primary N) is 1. The van der Waals surface area contributed by atoms with Crippen LogP contribution in [0.25, 0.3) is 0 Å². The zero-order valence-corrected chi connectivity index (χ0v) is 13.0. The van der Waals surface area contributed by atoms with Gasteiger partial charge < -0.3 is 19.9 Å². The van der Waals surface area contributed by atoms with E-state index in [4.69, 9.17) is 19.9 Å². The first-order chi connectivity index (χ1) is 10.2. The lowest BCUT2D eigenvalue weighted by Crippen LogP contribution is -2.37. The van der Waals surface area contributed by atoms with E-state index >= 15 is 0 Å². The summed E-state index contributed by atoms with van der Waals surface area (Å²) in [6.45, 7) is 7.41. The minimum Gasteiger partial charge on any atom is -0.493 e. The van der Waals surface area contributed by atoms with Crippen molar-refractivity contribution in [2.24, 2.45) is 5.73 Å². The van der Waals surface area contributed by atoms with Crippen LogP contribution in [0.5, 0.6) is 11.5 Å². The third kappa shape index (κ3) is 4.88. The molecular weight excluding hydrogens is 268 g/mol. The Balaban J connectivity index is 1.79. The fourth-order valence-electron chi connectivity index (χ4n) is 2.38. The van der Waals surface area contributed by atoms with Crippen LogP contribution in [-0.2, 0) is 4.74 Å². The minimum atomic E-state index is -0.00531. The van der Waals surface area contributed by atoms with Crippen molar-refractivity contribution in [3.63, 3.8) is 0 Å². The summed E-state index contributed by atoms with van der Waals surface area (Å²) in [6, 6.07) is 5.87. The molecule has 1 unspecified atom stereocenters. The Bertz CT molecular complexity index is 432. The van der Waals surface area contributed by atoms with Gasteiger partial charge in [-0.2, -0.15) is 0 Å². The second kappa shape index (κ2) is 8.22. The molecule has 1 fully saturated rings. The number of rotatable bonds is 7. The zero-order valence-electron chi connectivity index (χ0n) is 13.0. The van der Waals surface area contributed by atoms with E-state index in [1.165, 1.54) is 0 Å². The summed E-state index contributed by atoms with van der Waals surface area (Å²) in [5.74, 6) is 1.53. The second-order valence-electron chi connectivity index (χ2n) is 5.36. The lowest BCUT2D eigenvalue weighted by atomic mass is 10.1. The van der Waals surface area contributed by atoms with E-state index in [0.717, 1.165) is 56.3 Å². The van der Waals surface area contributed by atoms with Crippen molar-refractivity contribution in [1.82, 2.24) is 4.90 Å². The highest BCUT2D eigenvalue weighted by Gasteiger charge is 2.11. The van der Waals surface area contributed by atoms with Crippen molar-refractivity contribution < 1.29 is 14.2 Å². The highest BCUT2D eigenvalue weighted by atomic mass is 16.5. The molecule has 1 aliphatic heterocycles. The van der Waals surface area contributed by atoms with E-state index in [-0.39, 0.29) is 6.04 Å². The molecule has 0 bridgehead atoms. The predicted molar refractivity (Wildman–Crippen MR) is 83.0 cm³/mol. The van der Waals surface area contributed by atoms with Crippen molar-refractivity contribution in [2.75, 3.05) is 46.6 Å². The molecule has 2 rings (SSSR count). The maximum absolute atomic E-state index is 5.88. The quantitative estimate of drug-likeness (QED) is 0.777. The molecule has 2 N–H and O–H groups in total. The van der Waals surface area contributed by atoms with Crippen molar-refractivity contribution in [1.29, 1.82) is 0 Å². The smallest absolute Gasteiger partial charge is 0.161 e. The molecular formula is C16H26N2O3. The van der Waals surface area contributed by atoms with Crippen LogP contribution in [0.1, 0.15) is 24.9 Å². The van der Waals surface area contributed by atoms with Crippen LogP contribution in [-0.4, -0.2) is 51.5 Å². The van der Waals surface area contributed by atoms with Crippen molar-refractivity contribution in [3.05, 3.63) is 23.8 Å². The molecule has 1 aromatic carbocycles. The van der Waals surface area contributed by atoms with Crippen molar-refractivity contribution in [3.8, 4) is 11.5 Å². The molecule has 0 aliphatic carbocycles. The van der Waals surface area contributed by atoms with Crippen LogP contribution in [0.15, 0.2) is 18.2 Å². The number of ether oxygens (including phenoxy) is 3. The Kier molecular flexibility index (Phi) is 6.29. The number of methoxy groups -OCH3 is 1. The predicted octanol–water partition coefficient (Wildman–Crippen LogP) is 1.82. The van der Waals surface area contributed by atoms with Gasteiger partial charge in [0.2, 0.25) is 0 Å². The van der Waals surface area contributed by atoms with Gasteiger partial charge in [-0.05, 0) is 31.0 Å². The van der Waals surface area contributed by atoms with Gasteiger partial charge in [-0.15, -0.1) is 0 Å². The zero-order chi connectivity index (χ0) is 15.1.